The Hall–Kier alpha value is -2.51. The highest BCUT2D eigenvalue weighted by Gasteiger charge is 2.20. The molecule has 0 radical (unpaired) electrons. The Kier molecular flexibility index (Phi) is 5.43. The highest BCUT2D eigenvalue weighted by Crippen LogP contribution is 2.30. The fourth-order valence-electron chi connectivity index (χ4n) is 2.68. The minimum atomic E-state index is -3.56. The molecule has 142 valence electrons. The van der Waals surface area contributed by atoms with Crippen LogP contribution in [0, 0.1) is 6.92 Å². The fraction of sp³-hybridized carbons (Fsp3) is 0.211. The van der Waals surface area contributed by atoms with E-state index in [1.165, 1.54) is 11.4 Å². The average Bonchev–Trinajstić information content (AvgIpc) is 3.08. The van der Waals surface area contributed by atoms with Crippen LogP contribution in [0.25, 0.3) is 5.69 Å². The number of aryl methyl sites for hydroxylation is 1. The van der Waals surface area contributed by atoms with E-state index in [0.29, 0.717) is 22.0 Å². The second-order valence-electron chi connectivity index (χ2n) is 6.13. The lowest BCUT2D eigenvalue weighted by Crippen LogP contribution is -2.27. The van der Waals surface area contributed by atoms with Gasteiger partial charge >= 0.3 is 0 Å². The summed E-state index contributed by atoms with van der Waals surface area (Å²) in [6.07, 6.45) is 3.56. The minimum Gasteiger partial charge on any atom is -0.494 e. The Bertz CT molecular complexity index is 1050. The maximum Gasteiger partial charge on any atom is 0.239 e. The zero-order valence-corrected chi connectivity index (χ0v) is 16.8. The molecule has 0 aliphatic heterocycles. The highest BCUT2D eigenvalue weighted by atomic mass is 35.5. The predicted molar refractivity (Wildman–Crippen MR) is 107 cm³/mol. The van der Waals surface area contributed by atoms with E-state index in [4.69, 9.17) is 16.3 Å². The molecule has 0 spiro atoms. The molecule has 0 aliphatic carbocycles. The third-order valence-electron chi connectivity index (χ3n) is 4.20. The first-order chi connectivity index (χ1) is 12.8. The number of hydrogen-bond acceptors (Lipinski definition) is 4. The molecular formula is C19H20ClN3O3S. The van der Waals surface area contributed by atoms with E-state index in [-0.39, 0.29) is 5.75 Å². The monoisotopic (exact) mass is 405 g/mol. The van der Waals surface area contributed by atoms with Gasteiger partial charge in [-0.2, -0.15) is 0 Å². The quantitative estimate of drug-likeness (QED) is 0.625. The summed E-state index contributed by atoms with van der Waals surface area (Å²) in [4.78, 5) is 4.21. The molecule has 8 heteroatoms. The van der Waals surface area contributed by atoms with E-state index in [9.17, 15) is 8.42 Å². The third kappa shape index (κ3) is 4.26. The number of nitrogens with zero attached hydrogens (tertiary/aromatic N) is 3. The lowest BCUT2D eigenvalue weighted by atomic mass is 10.2. The van der Waals surface area contributed by atoms with Crippen LogP contribution in [0.15, 0.2) is 55.0 Å². The van der Waals surface area contributed by atoms with Crippen LogP contribution in [0.1, 0.15) is 11.3 Å². The van der Waals surface area contributed by atoms with Crippen molar-refractivity contribution in [1.82, 2.24) is 9.55 Å². The zero-order chi connectivity index (χ0) is 19.6. The van der Waals surface area contributed by atoms with E-state index in [0.717, 1.165) is 11.4 Å². The molecule has 3 aromatic rings. The van der Waals surface area contributed by atoms with Gasteiger partial charge in [-0.15, -0.1) is 0 Å². The summed E-state index contributed by atoms with van der Waals surface area (Å²) in [5.41, 5.74) is 2.85. The van der Waals surface area contributed by atoms with Gasteiger partial charge in [-0.3, -0.25) is 4.31 Å². The first-order valence-electron chi connectivity index (χ1n) is 8.20. The first kappa shape index (κ1) is 19.3. The van der Waals surface area contributed by atoms with Crippen molar-refractivity contribution in [3.63, 3.8) is 0 Å². The second kappa shape index (κ2) is 7.62. The highest BCUT2D eigenvalue weighted by molar-refractivity contribution is 7.92. The van der Waals surface area contributed by atoms with Crippen LogP contribution in [-0.2, 0) is 15.8 Å². The number of sulfonamides is 1. The molecule has 0 saturated heterocycles. The largest absolute Gasteiger partial charge is 0.494 e. The third-order valence-corrected chi connectivity index (χ3v) is 6.19. The van der Waals surface area contributed by atoms with E-state index < -0.39 is 10.0 Å². The number of imidazole rings is 1. The van der Waals surface area contributed by atoms with Crippen molar-refractivity contribution in [2.75, 3.05) is 18.5 Å². The number of aromatic nitrogens is 2. The molecule has 0 saturated carbocycles. The van der Waals surface area contributed by atoms with Crippen LogP contribution < -0.4 is 9.04 Å². The zero-order valence-electron chi connectivity index (χ0n) is 15.3. The van der Waals surface area contributed by atoms with E-state index >= 15 is 0 Å². The summed E-state index contributed by atoms with van der Waals surface area (Å²) < 4.78 is 34.1. The molecule has 0 unspecified atom stereocenters. The van der Waals surface area contributed by atoms with Gasteiger partial charge in [-0.1, -0.05) is 23.7 Å². The first-order valence-corrected chi connectivity index (χ1v) is 10.2. The number of benzene rings is 2. The number of rotatable bonds is 6. The Morgan fingerprint density at radius 3 is 2.48 bits per heavy atom. The summed E-state index contributed by atoms with van der Waals surface area (Å²) in [5, 5.41) is 0.569. The molecule has 0 N–H and O–H groups in total. The molecule has 3 rings (SSSR count). The van der Waals surface area contributed by atoms with Crippen molar-refractivity contribution in [2.24, 2.45) is 0 Å². The van der Waals surface area contributed by atoms with E-state index in [1.54, 1.807) is 49.8 Å². The minimum absolute atomic E-state index is 0.120. The number of hydrogen-bond donors (Lipinski definition) is 0. The number of ether oxygens (including phenoxy) is 1. The predicted octanol–water partition coefficient (Wildman–Crippen LogP) is 3.81. The van der Waals surface area contributed by atoms with Gasteiger partial charge < -0.3 is 9.30 Å². The van der Waals surface area contributed by atoms with Crippen LogP contribution in [0.2, 0.25) is 5.02 Å². The van der Waals surface area contributed by atoms with Crippen LogP contribution in [0.5, 0.6) is 5.75 Å². The molecule has 0 aliphatic rings. The average molecular weight is 406 g/mol. The van der Waals surface area contributed by atoms with Gasteiger partial charge in [0.05, 0.1) is 36.3 Å². The summed E-state index contributed by atoms with van der Waals surface area (Å²) >= 11 is 5.86. The maximum absolute atomic E-state index is 12.8. The molecule has 1 aromatic heterocycles. The topological polar surface area (TPSA) is 64.4 Å². The Balaban J connectivity index is 1.89. The smallest absolute Gasteiger partial charge is 0.239 e. The van der Waals surface area contributed by atoms with Crippen molar-refractivity contribution in [3.8, 4) is 11.4 Å². The van der Waals surface area contributed by atoms with Gasteiger partial charge in [0.1, 0.15) is 5.75 Å². The summed E-state index contributed by atoms with van der Waals surface area (Å²) in [7, 11) is -0.483. The van der Waals surface area contributed by atoms with Crippen molar-refractivity contribution in [1.29, 1.82) is 0 Å². The molecule has 0 fully saturated rings. The molecule has 27 heavy (non-hydrogen) atoms. The number of anilines is 1. The van der Waals surface area contributed by atoms with Crippen LogP contribution >= 0.6 is 11.6 Å². The second-order valence-corrected chi connectivity index (χ2v) is 8.57. The summed E-state index contributed by atoms with van der Waals surface area (Å²) in [5.74, 6) is 0.435. The maximum atomic E-state index is 12.8. The van der Waals surface area contributed by atoms with Gasteiger partial charge in [0.2, 0.25) is 10.0 Å². The van der Waals surface area contributed by atoms with Gasteiger partial charge in [0.25, 0.3) is 0 Å². The molecule has 1 heterocycles. The van der Waals surface area contributed by atoms with Crippen molar-refractivity contribution < 1.29 is 13.2 Å². The van der Waals surface area contributed by atoms with Gasteiger partial charge in [0, 0.05) is 24.3 Å². The molecule has 0 atom stereocenters. The molecular weight excluding hydrogens is 386 g/mol. The standard InChI is InChI=1S/C19H20ClN3O3S/c1-14-11-23(13-21-14)18-9-8-17(10-19(18)26-3)22(2)27(24,25)12-15-4-6-16(20)7-5-15/h4-11,13H,12H2,1-3H3. The normalized spacial score (nSPS) is 11.4. The lowest BCUT2D eigenvalue weighted by molar-refractivity contribution is 0.413. The van der Waals surface area contributed by atoms with E-state index in [2.05, 4.69) is 4.98 Å². The van der Waals surface area contributed by atoms with Crippen molar-refractivity contribution >= 4 is 27.3 Å². The lowest BCUT2D eigenvalue weighted by Gasteiger charge is -2.21. The fourth-order valence-corrected chi connectivity index (χ4v) is 4.05. The Morgan fingerprint density at radius 1 is 1.19 bits per heavy atom. The Labute approximate surface area is 164 Å². The van der Waals surface area contributed by atoms with E-state index in [1.807, 2.05) is 23.8 Å². The molecule has 6 nitrogen and oxygen atoms in total. The molecule has 0 amide bonds. The van der Waals surface area contributed by atoms with Crippen LogP contribution in [0.3, 0.4) is 0 Å². The van der Waals surface area contributed by atoms with Gasteiger partial charge in [0.15, 0.2) is 0 Å². The number of methoxy groups -OCH3 is 1. The van der Waals surface area contributed by atoms with Gasteiger partial charge in [-0.05, 0) is 36.8 Å². The number of halogens is 1. The summed E-state index contributed by atoms with van der Waals surface area (Å²) in [6.45, 7) is 1.90. The Morgan fingerprint density at radius 2 is 1.89 bits per heavy atom. The molecule has 2 aromatic carbocycles. The van der Waals surface area contributed by atoms with Crippen LogP contribution in [-0.4, -0.2) is 32.1 Å². The summed E-state index contributed by atoms with van der Waals surface area (Å²) in [6, 6.07) is 12.0. The van der Waals surface area contributed by atoms with Gasteiger partial charge in [-0.25, -0.2) is 13.4 Å². The van der Waals surface area contributed by atoms with Crippen LogP contribution in [0.4, 0.5) is 5.69 Å². The van der Waals surface area contributed by atoms with Crippen molar-refractivity contribution in [2.45, 2.75) is 12.7 Å². The SMILES string of the molecule is COc1cc(N(C)S(=O)(=O)Cc2ccc(Cl)cc2)ccc1-n1cnc(C)c1. The molecule has 0 bridgehead atoms. The van der Waals surface area contributed by atoms with Crippen molar-refractivity contribution in [3.05, 3.63) is 71.3 Å².